The molecule has 2 aromatic rings. The smallest absolute Gasteiger partial charge is 0.171 e. The van der Waals surface area contributed by atoms with Crippen LogP contribution in [0.2, 0.25) is 10.0 Å². The second-order valence-electron chi connectivity index (χ2n) is 2.93. The van der Waals surface area contributed by atoms with Crippen molar-refractivity contribution in [3.8, 4) is 5.69 Å². The summed E-state index contributed by atoms with van der Waals surface area (Å²) in [4.78, 5) is 10.4. The SMILES string of the molecule is O=Cc1cn(-c2cc(Cl)c(F)c(Cl)c2)nn1. The monoisotopic (exact) mass is 259 g/mol. The van der Waals surface area contributed by atoms with Crippen molar-refractivity contribution >= 4 is 29.5 Å². The lowest BCUT2D eigenvalue weighted by Crippen LogP contribution is -1.96. The van der Waals surface area contributed by atoms with Gasteiger partial charge in [-0.25, -0.2) is 9.07 Å². The molecule has 16 heavy (non-hydrogen) atoms. The van der Waals surface area contributed by atoms with Crippen LogP contribution in [0.5, 0.6) is 0 Å². The van der Waals surface area contributed by atoms with Crippen LogP contribution in [0, 0.1) is 5.82 Å². The van der Waals surface area contributed by atoms with E-state index >= 15 is 0 Å². The summed E-state index contributed by atoms with van der Waals surface area (Å²) in [6, 6.07) is 2.68. The fraction of sp³-hybridized carbons (Fsp3) is 0. The molecule has 0 amide bonds. The van der Waals surface area contributed by atoms with Crippen LogP contribution in [-0.4, -0.2) is 21.3 Å². The molecule has 7 heteroatoms. The molecule has 0 aliphatic carbocycles. The summed E-state index contributed by atoms with van der Waals surface area (Å²) in [5.74, 6) is -0.692. The summed E-state index contributed by atoms with van der Waals surface area (Å²) in [7, 11) is 0. The first-order valence-corrected chi connectivity index (χ1v) is 4.90. The van der Waals surface area contributed by atoms with Gasteiger partial charge in [-0.05, 0) is 12.1 Å². The van der Waals surface area contributed by atoms with Crippen molar-refractivity contribution in [1.29, 1.82) is 0 Å². The third kappa shape index (κ3) is 1.91. The van der Waals surface area contributed by atoms with Crippen LogP contribution < -0.4 is 0 Å². The maximum Gasteiger partial charge on any atom is 0.171 e. The van der Waals surface area contributed by atoms with E-state index < -0.39 is 5.82 Å². The maximum atomic E-state index is 13.1. The zero-order chi connectivity index (χ0) is 11.7. The molecule has 0 aliphatic rings. The van der Waals surface area contributed by atoms with Crippen LogP contribution >= 0.6 is 23.2 Å². The van der Waals surface area contributed by atoms with Gasteiger partial charge in [0.2, 0.25) is 0 Å². The van der Waals surface area contributed by atoms with E-state index in [1.165, 1.54) is 23.0 Å². The number of hydrogen-bond acceptors (Lipinski definition) is 3. The molecule has 0 spiro atoms. The minimum absolute atomic E-state index is 0.120. The van der Waals surface area contributed by atoms with Crippen LogP contribution in [0.4, 0.5) is 4.39 Å². The van der Waals surface area contributed by atoms with Gasteiger partial charge < -0.3 is 0 Å². The highest BCUT2D eigenvalue weighted by Crippen LogP contribution is 2.26. The summed E-state index contributed by atoms with van der Waals surface area (Å²) in [5, 5.41) is 6.98. The summed E-state index contributed by atoms with van der Waals surface area (Å²) in [6.07, 6.45) is 1.93. The Balaban J connectivity index is 2.52. The molecule has 0 bridgehead atoms. The number of hydrogen-bond donors (Lipinski definition) is 0. The van der Waals surface area contributed by atoms with E-state index in [9.17, 15) is 9.18 Å². The quantitative estimate of drug-likeness (QED) is 0.615. The summed E-state index contributed by atoms with van der Waals surface area (Å²) < 4.78 is 14.4. The number of benzene rings is 1. The molecule has 0 atom stereocenters. The normalized spacial score (nSPS) is 10.4. The molecule has 0 saturated heterocycles. The Labute approximate surface area is 99.6 Å². The number of nitrogens with zero attached hydrogens (tertiary/aromatic N) is 3. The highest BCUT2D eigenvalue weighted by molar-refractivity contribution is 6.35. The van der Waals surface area contributed by atoms with Crippen molar-refractivity contribution in [2.45, 2.75) is 0 Å². The van der Waals surface area contributed by atoms with Crippen LogP contribution in [-0.2, 0) is 0 Å². The van der Waals surface area contributed by atoms with Crippen molar-refractivity contribution in [2.24, 2.45) is 0 Å². The van der Waals surface area contributed by atoms with E-state index in [1.54, 1.807) is 0 Å². The zero-order valence-corrected chi connectivity index (χ0v) is 9.21. The Morgan fingerprint density at radius 1 is 1.31 bits per heavy atom. The van der Waals surface area contributed by atoms with Crippen LogP contribution in [0.1, 0.15) is 10.5 Å². The molecule has 1 aromatic heterocycles. The molecule has 0 aliphatic heterocycles. The van der Waals surface area contributed by atoms with E-state index in [2.05, 4.69) is 10.3 Å². The van der Waals surface area contributed by atoms with E-state index in [0.29, 0.717) is 12.0 Å². The third-order valence-electron chi connectivity index (χ3n) is 1.86. The highest BCUT2D eigenvalue weighted by Gasteiger charge is 2.10. The largest absolute Gasteiger partial charge is 0.296 e. The van der Waals surface area contributed by atoms with Crippen LogP contribution in [0.3, 0.4) is 0 Å². The Morgan fingerprint density at radius 3 is 2.44 bits per heavy atom. The van der Waals surface area contributed by atoms with Crippen molar-refractivity contribution < 1.29 is 9.18 Å². The highest BCUT2D eigenvalue weighted by atomic mass is 35.5. The average molecular weight is 260 g/mol. The van der Waals surface area contributed by atoms with Crippen molar-refractivity contribution in [1.82, 2.24) is 15.0 Å². The van der Waals surface area contributed by atoms with Crippen molar-refractivity contribution in [3.63, 3.8) is 0 Å². The first-order chi connectivity index (χ1) is 7.61. The molecule has 0 N–H and O–H groups in total. The fourth-order valence-electron chi connectivity index (χ4n) is 1.13. The molecule has 1 heterocycles. The van der Waals surface area contributed by atoms with E-state index in [-0.39, 0.29) is 15.7 Å². The maximum absolute atomic E-state index is 13.1. The minimum atomic E-state index is -0.692. The van der Waals surface area contributed by atoms with E-state index in [4.69, 9.17) is 23.2 Å². The van der Waals surface area contributed by atoms with Gasteiger partial charge >= 0.3 is 0 Å². The first kappa shape index (κ1) is 11.0. The molecule has 0 fully saturated rings. The van der Waals surface area contributed by atoms with Gasteiger partial charge in [-0.3, -0.25) is 4.79 Å². The average Bonchev–Trinajstić information content (AvgIpc) is 2.73. The van der Waals surface area contributed by atoms with Gasteiger partial charge in [0, 0.05) is 0 Å². The zero-order valence-electron chi connectivity index (χ0n) is 7.69. The molecule has 1 aromatic carbocycles. The number of aromatic nitrogens is 3. The Hall–Kier alpha value is -1.46. The standard InChI is InChI=1S/C9H4Cl2FN3O/c10-7-1-6(2-8(11)9(7)12)15-3-5(4-16)13-14-15/h1-4H. The van der Waals surface area contributed by atoms with Crippen LogP contribution in [0.25, 0.3) is 5.69 Å². The molecule has 2 rings (SSSR count). The molecular formula is C9H4Cl2FN3O. The lowest BCUT2D eigenvalue weighted by atomic mass is 10.3. The topological polar surface area (TPSA) is 47.8 Å². The lowest BCUT2D eigenvalue weighted by molar-refractivity contribution is 0.111. The fourth-order valence-corrected chi connectivity index (χ4v) is 1.61. The van der Waals surface area contributed by atoms with Gasteiger partial charge in [-0.1, -0.05) is 28.4 Å². The van der Waals surface area contributed by atoms with E-state index in [1.807, 2.05) is 0 Å². The summed E-state index contributed by atoms with van der Waals surface area (Å²) in [6.45, 7) is 0. The predicted octanol–water partition coefficient (Wildman–Crippen LogP) is 2.53. The molecule has 82 valence electrons. The summed E-state index contributed by atoms with van der Waals surface area (Å²) >= 11 is 11.2. The molecule has 0 radical (unpaired) electrons. The second kappa shape index (κ2) is 4.19. The van der Waals surface area contributed by atoms with Gasteiger partial charge in [0.25, 0.3) is 0 Å². The van der Waals surface area contributed by atoms with Gasteiger partial charge in [0.15, 0.2) is 12.1 Å². The number of rotatable bonds is 2. The van der Waals surface area contributed by atoms with E-state index in [0.717, 1.165) is 0 Å². The molecule has 4 nitrogen and oxygen atoms in total. The molecule has 0 unspecified atom stereocenters. The van der Waals surface area contributed by atoms with Crippen molar-refractivity contribution in [3.05, 3.63) is 39.9 Å². The number of carbonyl (C=O) groups is 1. The molecular weight excluding hydrogens is 256 g/mol. The predicted molar refractivity (Wildman–Crippen MR) is 56.7 cm³/mol. The number of carbonyl (C=O) groups excluding carboxylic acids is 1. The lowest BCUT2D eigenvalue weighted by Gasteiger charge is -2.03. The number of halogens is 3. The Kier molecular flexibility index (Phi) is 2.89. The van der Waals surface area contributed by atoms with Gasteiger partial charge in [0.1, 0.15) is 5.69 Å². The Morgan fingerprint density at radius 2 is 1.94 bits per heavy atom. The number of aldehydes is 1. The van der Waals surface area contributed by atoms with Gasteiger partial charge in [-0.2, -0.15) is 0 Å². The first-order valence-electron chi connectivity index (χ1n) is 4.14. The van der Waals surface area contributed by atoms with Crippen LogP contribution in [0.15, 0.2) is 18.3 Å². The Bertz CT molecular complexity index is 532. The summed E-state index contributed by atoms with van der Waals surface area (Å²) in [5.41, 5.74) is 0.591. The van der Waals surface area contributed by atoms with Crippen molar-refractivity contribution in [2.75, 3.05) is 0 Å². The second-order valence-corrected chi connectivity index (χ2v) is 3.74. The van der Waals surface area contributed by atoms with Gasteiger partial charge in [0.05, 0.1) is 21.9 Å². The van der Waals surface area contributed by atoms with Gasteiger partial charge in [-0.15, -0.1) is 5.10 Å². The third-order valence-corrected chi connectivity index (χ3v) is 2.42. The minimum Gasteiger partial charge on any atom is -0.296 e. The molecule has 0 saturated carbocycles.